The molecule has 184 valence electrons. The number of nitrogens with one attached hydrogen (secondary N) is 1. The number of carbonyl (C=O) groups is 1. The minimum absolute atomic E-state index is 0.00269. The van der Waals surface area contributed by atoms with Crippen LogP contribution in [0.1, 0.15) is 49.4 Å². The molecule has 0 saturated heterocycles. The van der Waals surface area contributed by atoms with Crippen LogP contribution in [0.3, 0.4) is 0 Å². The molecule has 2 aromatic rings. The number of carbonyl (C=O) groups excluding carboxylic acids is 1. The Morgan fingerprint density at radius 2 is 1.79 bits per heavy atom. The highest BCUT2D eigenvalue weighted by atomic mass is 35.5. The van der Waals surface area contributed by atoms with Crippen LogP contribution in [0, 0.1) is 23.5 Å². The van der Waals surface area contributed by atoms with Crippen LogP contribution in [0.4, 0.5) is 14.5 Å². The maximum absolute atomic E-state index is 13.5. The molecule has 2 saturated carbocycles. The smallest absolute Gasteiger partial charge is 0.255 e. The standard InChI is InChI=1S/C24H26ClF2NO5S/c1-13(29)12-24(31)15-3-4-16(24)10-18(9-15)34(32,33)22-8-14(2-6-19(22)25)23(30)28-17-5-7-20(26)21(27)11-17/h2,5-8,11,13,15-16,18,29,31H,3-4,9-10,12H2,1H3,(H,28,30)/t13?,15-,16?,18?,24?/m0/s1. The summed E-state index contributed by atoms with van der Waals surface area (Å²) < 4.78 is 53.7. The van der Waals surface area contributed by atoms with E-state index < -0.39 is 44.3 Å². The Hall–Kier alpha value is -2.07. The van der Waals surface area contributed by atoms with Gasteiger partial charge in [0, 0.05) is 23.7 Å². The van der Waals surface area contributed by atoms with Crippen molar-refractivity contribution in [3.63, 3.8) is 0 Å². The molecule has 34 heavy (non-hydrogen) atoms. The predicted molar refractivity (Wildman–Crippen MR) is 123 cm³/mol. The van der Waals surface area contributed by atoms with Gasteiger partial charge in [0.05, 0.1) is 26.9 Å². The molecule has 2 aromatic carbocycles. The fourth-order valence-electron chi connectivity index (χ4n) is 5.49. The summed E-state index contributed by atoms with van der Waals surface area (Å²) in [4.78, 5) is 12.5. The molecule has 0 aliphatic heterocycles. The number of hydrogen-bond acceptors (Lipinski definition) is 5. The Bertz CT molecular complexity index is 1210. The molecular weight excluding hydrogens is 488 g/mol. The fraction of sp³-hybridized carbons (Fsp3) is 0.458. The Labute approximate surface area is 201 Å². The summed E-state index contributed by atoms with van der Waals surface area (Å²) in [6.45, 7) is 1.61. The number of hydrogen-bond donors (Lipinski definition) is 3. The number of rotatable bonds is 6. The highest BCUT2D eigenvalue weighted by Crippen LogP contribution is 2.53. The van der Waals surface area contributed by atoms with Gasteiger partial charge < -0.3 is 15.5 Å². The number of halogens is 3. The van der Waals surface area contributed by atoms with Gasteiger partial charge in [-0.2, -0.15) is 0 Å². The highest BCUT2D eigenvalue weighted by Gasteiger charge is 2.55. The van der Waals surface area contributed by atoms with E-state index in [1.54, 1.807) is 6.92 Å². The van der Waals surface area contributed by atoms with Crippen LogP contribution in [0.15, 0.2) is 41.3 Å². The van der Waals surface area contributed by atoms with E-state index in [9.17, 15) is 32.2 Å². The van der Waals surface area contributed by atoms with Crippen LogP contribution < -0.4 is 5.32 Å². The topological polar surface area (TPSA) is 104 Å². The summed E-state index contributed by atoms with van der Waals surface area (Å²) in [6.07, 6.45) is 1.36. The minimum Gasteiger partial charge on any atom is -0.393 e. The molecule has 2 aliphatic rings. The number of aliphatic hydroxyl groups is 2. The number of benzene rings is 2. The Kier molecular flexibility index (Phi) is 6.76. The van der Waals surface area contributed by atoms with Crippen molar-refractivity contribution in [1.82, 2.24) is 0 Å². The van der Waals surface area contributed by atoms with Crippen LogP contribution >= 0.6 is 11.6 Å². The second kappa shape index (κ2) is 9.18. The third-order valence-corrected chi connectivity index (χ3v) is 9.77. The number of anilines is 1. The summed E-state index contributed by atoms with van der Waals surface area (Å²) in [7, 11) is -3.93. The third-order valence-electron chi connectivity index (χ3n) is 7.11. The van der Waals surface area contributed by atoms with Gasteiger partial charge in [-0.1, -0.05) is 11.6 Å². The van der Waals surface area contributed by atoms with Crippen LogP contribution in [-0.4, -0.2) is 41.5 Å². The van der Waals surface area contributed by atoms with Crippen molar-refractivity contribution in [3.05, 3.63) is 58.6 Å². The lowest BCUT2D eigenvalue weighted by Gasteiger charge is -2.43. The third kappa shape index (κ3) is 4.58. The normalized spacial score (nSPS) is 27.4. The van der Waals surface area contributed by atoms with Crippen LogP contribution in [0.2, 0.25) is 5.02 Å². The monoisotopic (exact) mass is 513 g/mol. The fourth-order valence-corrected chi connectivity index (χ4v) is 7.89. The highest BCUT2D eigenvalue weighted by molar-refractivity contribution is 7.92. The van der Waals surface area contributed by atoms with Crippen molar-refractivity contribution in [2.45, 2.75) is 60.9 Å². The maximum atomic E-state index is 13.5. The summed E-state index contributed by atoms with van der Waals surface area (Å²) in [5.41, 5.74) is -1.07. The van der Waals surface area contributed by atoms with E-state index >= 15 is 0 Å². The van der Waals surface area contributed by atoms with Crippen molar-refractivity contribution in [2.24, 2.45) is 11.8 Å². The summed E-state index contributed by atoms with van der Waals surface area (Å²) >= 11 is 6.23. The molecule has 2 bridgehead atoms. The minimum atomic E-state index is -3.93. The van der Waals surface area contributed by atoms with Gasteiger partial charge in [0.25, 0.3) is 5.91 Å². The zero-order chi connectivity index (χ0) is 24.8. The first-order valence-corrected chi connectivity index (χ1v) is 13.0. The lowest BCUT2D eigenvalue weighted by Crippen LogP contribution is -2.49. The summed E-state index contributed by atoms with van der Waals surface area (Å²) in [5, 5.41) is 22.6. The Morgan fingerprint density at radius 1 is 1.15 bits per heavy atom. The van der Waals surface area contributed by atoms with Crippen LogP contribution in [-0.2, 0) is 9.84 Å². The molecule has 6 nitrogen and oxygen atoms in total. The SMILES string of the molecule is CC(O)CC1(O)C2CC[C@H]1CC(S(=O)(=O)c1cc(C(=O)Nc3ccc(F)c(F)c3)ccc1Cl)C2. The second-order valence-corrected chi connectivity index (χ2v) is 12.0. The molecule has 0 spiro atoms. The average Bonchev–Trinajstić information content (AvgIpc) is 2.92. The number of sulfone groups is 1. The van der Waals surface area contributed by atoms with E-state index in [0.717, 1.165) is 12.1 Å². The van der Waals surface area contributed by atoms with Gasteiger partial charge in [-0.05, 0) is 74.8 Å². The molecule has 0 aromatic heterocycles. The molecule has 1 amide bonds. The number of amides is 1. The quantitative estimate of drug-likeness (QED) is 0.533. The molecular formula is C24H26ClF2NO5S. The van der Waals surface area contributed by atoms with Crippen molar-refractivity contribution in [3.8, 4) is 0 Å². The van der Waals surface area contributed by atoms with Crippen molar-refractivity contribution in [2.75, 3.05) is 5.32 Å². The molecule has 2 fully saturated rings. The van der Waals surface area contributed by atoms with Gasteiger partial charge >= 0.3 is 0 Å². The van der Waals surface area contributed by atoms with E-state index in [2.05, 4.69) is 5.32 Å². The Morgan fingerprint density at radius 3 is 2.38 bits per heavy atom. The van der Waals surface area contributed by atoms with E-state index in [0.29, 0.717) is 12.8 Å². The van der Waals surface area contributed by atoms with Gasteiger partial charge in [0.15, 0.2) is 21.5 Å². The zero-order valence-electron chi connectivity index (χ0n) is 18.5. The molecule has 0 heterocycles. The van der Waals surface area contributed by atoms with E-state index in [1.165, 1.54) is 24.3 Å². The first-order chi connectivity index (χ1) is 15.9. The summed E-state index contributed by atoms with van der Waals surface area (Å²) in [5.74, 6) is -3.38. The largest absolute Gasteiger partial charge is 0.393 e. The van der Waals surface area contributed by atoms with Crippen molar-refractivity contribution < 1.29 is 32.2 Å². The average molecular weight is 514 g/mol. The van der Waals surface area contributed by atoms with E-state index in [4.69, 9.17) is 11.6 Å². The molecule has 4 unspecified atom stereocenters. The van der Waals surface area contributed by atoms with Gasteiger partial charge in [0.1, 0.15) is 0 Å². The molecule has 2 aliphatic carbocycles. The molecule has 5 atom stereocenters. The zero-order valence-corrected chi connectivity index (χ0v) is 20.0. The van der Waals surface area contributed by atoms with Gasteiger partial charge in [0.2, 0.25) is 0 Å². The van der Waals surface area contributed by atoms with Crippen molar-refractivity contribution in [1.29, 1.82) is 0 Å². The molecule has 3 N–H and O–H groups in total. The lowest BCUT2D eigenvalue weighted by molar-refractivity contribution is -0.0861. The molecule has 4 rings (SSSR count). The van der Waals surface area contributed by atoms with E-state index in [1.807, 2.05) is 0 Å². The number of fused-ring (bicyclic) bond motifs is 2. The molecule has 0 radical (unpaired) electrons. The second-order valence-electron chi connectivity index (χ2n) is 9.38. The first kappa shape index (κ1) is 25.0. The van der Waals surface area contributed by atoms with Crippen LogP contribution in [0.25, 0.3) is 0 Å². The maximum Gasteiger partial charge on any atom is 0.255 e. The van der Waals surface area contributed by atoms with E-state index in [-0.39, 0.29) is 52.3 Å². The predicted octanol–water partition coefficient (Wildman–Crippen LogP) is 4.33. The summed E-state index contributed by atoms with van der Waals surface area (Å²) in [6, 6.07) is 6.74. The molecule has 10 heteroatoms. The van der Waals surface area contributed by atoms with Gasteiger partial charge in [-0.25, -0.2) is 17.2 Å². The number of aliphatic hydroxyl groups excluding tert-OH is 1. The van der Waals surface area contributed by atoms with Gasteiger partial charge in [-0.15, -0.1) is 0 Å². The Balaban J connectivity index is 1.58. The first-order valence-electron chi connectivity index (χ1n) is 11.1. The van der Waals surface area contributed by atoms with Gasteiger partial charge in [-0.3, -0.25) is 4.79 Å². The van der Waals surface area contributed by atoms with Crippen LogP contribution in [0.5, 0.6) is 0 Å². The lowest BCUT2D eigenvalue weighted by atomic mass is 9.71. The van der Waals surface area contributed by atoms with Crippen molar-refractivity contribution >= 4 is 33.0 Å².